The van der Waals surface area contributed by atoms with Crippen molar-refractivity contribution in [3.05, 3.63) is 72.1 Å². The second-order valence-corrected chi connectivity index (χ2v) is 7.39. The highest BCUT2D eigenvalue weighted by Gasteiger charge is 2.18. The molecular formula is C18H17NO2S. The third-order valence-corrected chi connectivity index (χ3v) is 5.56. The Hall–Kier alpha value is -2.20. The minimum Gasteiger partial charge on any atom is -0.261 e. The molecule has 0 bridgehead atoms. The van der Waals surface area contributed by atoms with Gasteiger partial charge in [-0.1, -0.05) is 36.4 Å². The number of hydrogen-bond acceptors (Lipinski definition) is 3. The quantitative estimate of drug-likeness (QED) is 0.740. The molecule has 1 heterocycles. The van der Waals surface area contributed by atoms with Gasteiger partial charge in [0, 0.05) is 23.7 Å². The zero-order chi connectivity index (χ0) is 15.6. The van der Waals surface area contributed by atoms with Crippen molar-refractivity contribution in [2.45, 2.75) is 18.2 Å². The van der Waals surface area contributed by atoms with E-state index in [9.17, 15) is 8.42 Å². The van der Waals surface area contributed by atoms with Crippen molar-refractivity contribution in [3.8, 4) is 0 Å². The van der Waals surface area contributed by atoms with E-state index in [2.05, 4.69) is 4.98 Å². The van der Waals surface area contributed by atoms with Crippen LogP contribution in [0.5, 0.6) is 0 Å². The molecule has 0 saturated heterocycles. The van der Waals surface area contributed by atoms with Gasteiger partial charge in [0.25, 0.3) is 0 Å². The number of pyridine rings is 1. The van der Waals surface area contributed by atoms with Crippen molar-refractivity contribution in [3.63, 3.8) is 0 Å². The highest BCUT2D eigenvalue weighted by Crippen LogP contribution is 2.26. The molecular weight excluding hydrogens is 294 g/mol. The Balaban J connectivity index is 1.98. The number of nitrogens with zero attached hydrogens (tertiary/aromatic N) is 1. The van der Waals surface area contributed by atoms with Gasteiger partial charge < -0.3 is 0 Å². The zero-order valence-corrected chi connectivity index (χ0v) is 13.2. The first-order valence-electron chi connectivity index (χ1n) is 7.19. The average molecular weight is 311 g/mol. The predicted octanol–water partition coefficient (Wildman–Crippen LogP) is 3.56. The average Bonchev–Trinajstić information content (AvgIpc) is 2.54. The Morgan fingerprint density at radius 3 is 2.36 bits per heavy atom. The van der Waals surface area contributed by atoms with Crippen LogP contribution in [0.15, 0.2) is 65.7 Å². The maximum absolute atomic E-state index is 12.7. The van der Waals surface area contributed by atoms with Gasteiger partial charge in [0.2, 0.25) is 0 Å². The number of fused-ring (bicyclic) bond motifs is 1. The second kappa shape index (κ2) is 5.89. The summed E-state index contributed by atoms with van der Waals surface area (Å²) in [6.07, 6.45) is 2.11. The maximum atomic E-state index is 12.7. The molecule has 2 aromatic carbocycles. The van der Waals surface area contributed by atoms with E-state index in [0.717, 1.165) is 22.0 Å². The van der Waals surface area contributed by atoms with E-state index in [4.69, 9.17) is 0 Å². The summed E-state index contributed by atoms with van der Waals surface area (Å²) in [5, 5.41) is 1.78. The Kier molecular flexibility index (Phi) is 3.94. The van der Waals surface area contributed by atoms with Gasteiger partial charge in [-0.2, -0.15) is 0 Å². The third-order valence-electron chi connectivity index (χ3n) is 3.79. The van der Waals surface area contributed by atoms with E-state index in [1.54, 1.807) is 12.3 Å². The Morgan fingerprint density at radius 1 is 0.909 bits per heavy atom. The molecule has 0 radical (unpaired) electrons. The fourth-order valence-corrected chi connectivity index (χ4v) is 4.07. The molecule has 112 valence electrons. The van der Waals surface area contributed by atoms with E-state index in [0.29, 0.717) is 11.3 Å². The molecule has 0 aliphatic rings. The highest BCUT2D eigenvalue weighted by atomic mass is 32.2. The van der Waals surface area contributed by atoms with Crippen molar-refractivity contribution in [2.24, 2.45) is 0 Å². The summed E-state index contributed by atoms with van der Waals surface area (Å²) in [5.41, 5.74) is 1.88. The zero-order valence-electron chi connectivity index (χ0n) is 12.4. The Labute approximate surface area is 130 Å². The normalized spacial score (nSPS) is 11.7. The SMILES string of the molecule is Cc1ccc(S(=O)(=O)CCc2ccccn2)c2ccccc12. The van der Waals surface area contributed by atoms with Crippen molar-refractivity contribution >= 4 is 20.6 Å². The van der Waals surface area contributed by atoms with Gasteiger partial charge in [-0.25, -0.2) is 8.42 Å². The molecule has 0 aliphatic heterocycles. The molecule has 3 rings (SSSR count). The number of hydrogen-bond donors (Lipinski definition) is 0. The number of aryl methyl sites for hydroxylation is 2. The van der Waals surface area contributed by atoms with Crippen molar-refractivity contribution < 1.29 is 8.42 Å². The predicted molar refractivity (Wildman–Crippen MR) is 88.7 cm³/mol. The van der Waals surface area contributed by atoms with Crippen LogP contribution in [0.3, 0.4) is 0 Å². The molecule has 0 aliphatic carbocycles. The molecule has 0 fully saturated rings. The van der Waals surface area contributed by atoms with Crippen LogP contribution in [-0.2, 0) is 16.3 Å². The smallest absolute Gasteiger partial charge is 0.179 e. The molecule has 0 atom stereocenters. The van der Waals surface area contributed by atoms with Crippen LogP contribution in [0, 0.1) is 6.92 Å². The van der Waals surface area contributed by atoms with Gasteiger partial charge in [-0.15, -0.1) is 0 Å². The van der Waals surface area contributed by atoms with Gasteiger partial charge in [0.05, 0.1) is 10.6 Å². The summed E-state index contributed by atoms with van der Waals surface area (Å²) >= 11 is 0. The first kappa shape index (κ1) is 14.7. The molecule has 0 saturated carbocycles. The van der Waals surface area contributed by atoms with Crippen LogP contribution in [0.2, 0.25) is 0 Å². The first-order chi connectivity index (χ1) is 10.6. The van der Waals surface area contributed by atoms with Crippen LogP contribution in [0.1, 0.15) is 11.3 Å². The maximum Gasteiger partial charge on any atom is 0.179 e. The van der Waals surface area contributed by atoms with E-state index < -0.39 is 9.84 Å². The topological polar surface area (TPSA) is 47.0 Å². The Morgan fingerprint density at radius 2 is 1.64 bits per heavy atom. The monoisotopic (exact) mass is 311 g/mol. The molecule has 1 aromatic heterocycles. The molecule has 22 heavy (non-hydrogen) atoms. The lowest BCUT2D eigenvalue weighted by Crippen LogP contribution is -2.10. The number of rotatable bonds is 4. The lowest BCUT2D eigenvalue weighted by molar-refractivity contribution is 0.596. The highest BCUT2D eigenvalue weighted by molar-refractivity contribution is 7.91. The minimum absolute atomic E-state index is 0.0665. The van der Waals surface area contributed by atoms with Crippen LogP contribution >= 0.6 is 0 Å². The van der Waals surface area contributed by atoms with E-state index in [1.165, 1.54) is 0 Å². The number of sulfone groups is 1. The van der Waals surface area contributed by atoms with Gasteiger partial charge in [-0.05, 0) is 36.1 Å². The molecule has 3 aromatic rings. The summed E-state index contributed by atoms with van der Waals surface area (Å²) in [7, 11) is -3.34. The van der Waals surface area contributed by atoms with Crippen LogP contribution in [-0.4, -0.2) is 19.2 Å². The van der Waals surface area contributed by atoms with Gasteiger partial charge in [-0.3, -0.25) is 4.98 Å². The summed E-state index contributed by atoms with van der Waals surface area (Å²) in [5.74, 6) is 0.0665. The number of benzene rings is 2. The summed E-state index contributed by atoms with van der Waals surface area (Å²) in [6.45, 7) is 1.99. The van der Waals surface area contributed by atoms with Gasteiger partial charge >= 0.3 is 0 Å². The summed E-state index contributed by atoms with van der Waals surface area (Å²) < 4.78 is 25.4. The van der Waals surface area contributed by atoms with Crippen molar-refractivity contribution in [1.82, 2.24) is 4.98 Å². The van der Waals surface area contributed by atoms with Crippen LogP contribution in [0.4, 0.5) is 0 Å². The largest absolute Gasteiger partial charge is 0.261 e. The van der Waals surface area contributed by atoms with E-state index in [-0.39, 0.29) is 5.75 Å². The van der Waals surface area contributed by atoms with Crippen molar-refractivity contribution in [1.29, 1.82) is 0 Å². The van der Waals surface area contributed by atoms with Gasteiger partial charge in [0.1, 0.15) is 0 Å². The molecule has 0 amide bonds. The first-order valence-corrected chi connectivity index (χ1v) is 8.84. The summed E-state index contributed by atoms with van der Waals surface area (Å²) in [4.78, 5) is 4.59. The van der Waals surface area contributed by atoms with Crippen LogP contribution < -0.4 is 0 Å². The van der Waals surface area contributed by atoms with E-state index >= 15 is 0 Å². The van der Waals surface area contributed by atoms with Crippen molar-refractivity contribution in [2.75, 3.05) is 5.75 Å². The lowest BCUT2D eigenvalue weighted by Gasteiger charge is -2.10. The molecule has 0 N–H and O–H groups in total. The van der Waals surface area contributed by atoms with Crippen LogP contribution in [0.25, 0.3) is 10.8 Å². The Bertz CT molecular complexity index is 903. The molecule has 3 nitrogen and oxygen atoms in total. The molecule has 0 unspecified atom stereocenters. The fraction of sp³-hybridized carbons (Fsp3) is 0.167. The standard InChI is InChI=1S/C18H17NO2S/c1-14-9-10-18(17-8-3-2-7-16(14)17)22(20,21)13-11-15-6-4-5-12-19-15/h2-10,12H,11,13H2,1H3. The second-order valence-electron chi connectivity index (χ2n) is 5.32. The minimum atomic E-state index is -3.34. The summed E-state index contributed by atoms with van der Waals surface area (Å²) in [6, 6.07) is 16.8. The number of aromatic nitrogens is 1. The fourth-order valence-electron chi connectivity index (χ4n) is 2.59. The van der Waals surface area contributed by atoms with Gasteiger partial charge in [0.15, 0.2) is 9.84 Å². The molecule has 0 spiro atoms. The van der Waals surface area contributed by atoms with E-state index in [1.807, 2.05) is 55.5 Å². The lowest BCUT2D eigenvalue weighted by atomic mass is 10.1. The molecule has 4 heteroatoms. The third kappa shape index (κ3) is 2.88.